The Kier molecular flexibility index (Phi) is 2.74. The number of ether oxygens (including phenoxy) is 2. The summed E-state index contributed by atoms with van der Waals surface area (Å²) in [4.78, 5) is 11.2. The minimum atomic E-state index is -0.110. The van der Waals surface area contributed by atoms with E-state index in [4.69, 9.17) is 9.47 Å². The second-order valence-electron chi connectivity index (χ2n) is 4.08. The number of rotatable bonds is 4. The number of hydrogen-bond acceptors (Lipinski definition) is 4. The van der Waals surface area contributed by atoms with Crippen LogP contribution in [0.5, 0.6) is 0 Å². The third-order valence-corrected chi connectivity index (χ3v) is 3.01. The van der Waals surface area contributed by atoms with Gasteiger partial charge in [-0.3, -0.25) is 4.79 Å². The van der Waals surface area contributed by atoms with E-state index in [1.165, 1.54) is 0 Å². The summed E-state index contributed by atoms with van der Waals surface area (Å²) in [6.45, 7) is 3.98. The monoisotopic (exact) mass is 199 g/mol. The van der Waals surface area contributed by atoms with Gasteiger partial charge >= 0.3 is 5.97 Å². The maximum absolute atomic E-state index is 11.2. The highest BCUT2D eigenvalue weighted by Gasteiger charge is 2.45. The third kappa shape index (κ3) is 1.91. The molecule has 4 heteroatoms. The van der Waals surface area contributed by atoms with E-state index in [0.717, 1.165) is 26.0 Å². The fourth-order valence-corrected chi connectivity index (χ4v) is 2.25. The van der Waals surface area contributed by atoms with Crippen molar-refractivity contribution in [3.8, 4) is 0 Å². The van der Waals surface area contributed by atoms with E-state index in [0.29, 0.717) is 19.1 Å². The van der Waals surface area contributed by atoms with Crippen molar-refractivity contribution in [2.45, 2.75) is 37.8 Å². The van der Waals surface area contributed by atoms with Crippen molar-refractivity contribution in [1.29, 1.82) is 0 Å². The maximum Gasteiger partial charge on any atom is 0.305 e. The van der Waals surface area contributed by atoms with Gasteiger partial charge in [0.05, 0.1) is 18.8 Å². The van der Waals surface area contributed by atoms with E-state index in [-0.39, 0.29) is 11.6 Å². The minimum absolute atomic E-state index is 0.0720. The molecular weight excluding hydrogens is 182 g/mol. The largest absolute Gasteiger partial charge is 0.466 e. The molecular formula is C10H17NO3. The molecule has 2 aliphatic rings. The van der Waals surface area contributed by atoms with Crippen LogP contribution in [0.3, 0.4) is 0 Å². The van der Waals surface area contributed by atoms with Crippen molar-refractivity contribution < 1.29 is 14.3 Å². The predicted octanol–water partition coefficient (Wildman–Crippen LogP) is 0.461. The molecule has 0 saturated carbocycles. The summed E-state index contributed by atoms with van der Waals surface area (Å²) < 4.78 is 10.6. The first-order chi connectivity index (χ1) is 6.74. The number of nitrogens with one attached hydrogen (secondary N) is 1. The molecule has 0 aliphatic carbocycles. The normalized spacial score (nSPS) is 34.8. The lowest BCUT2D eigenvalue weighted by atomic mass is 9.97. The SMILES string of the molecule is CCOC(=O)CCC12CNC(CO1)C2. The molecule has 1 N–H and O–H groups in total. The second kappa shape index (κ2) is 3.87. The molecule has 0 aromatic carbocycles. The lowest BCUT2D eigenvalue weighted by Crippen LogP contribution is -2.39. The van der Waals surface area contributed by atoms with Gasteiger partial charge < -0.3 is 14.8 Å². The molecule has 4 nitrogen and oxygen atoms in total. The van der Waals surface area contributed by atoms with E-state index < -0.39 is 0 Å². The first-order valence-electron chi connectivity index (χ1n) is 5.27. The van der Waals surface area contributed by atoms with Gasteiger partial charge in [0.15, 0.2) is 0 Å². The Labute approximate surface area is 84.0 Å². The molecule has 2 aliphatic heterocycles. The number of esters is 1. The molecule has 0 amide bonds. The molecule has 2 fully saturated rings. The van der Waals surface area contributed by atoms with Gasteiger partial charge in [0.2, 0.25) is 0 Å². The van der Waals surface area contributed by atoms with Crippen molar-refractivity contribution in [2.24, 2.45) is 0 Å². The summed E-state index contributed by atoms with van der Waals surface area (Å²) >= 11 is 0. The molecule has 0 aromatic rings. The van der Waals surface area contributed by atoms with Gasteiger partial charge in [-0.15, -0.1) is 0 Å². The molecule has 2 atom stereocenters. The zero-order valence-electron chi connectivity index (χ0n) is 8.54. The Hall–Kier alpha value is -0.610. The third-order valence-electron chi connectivity index (χ3n) is 3.01. The summed E-state index contributed by atoms with van der Waals surface area (Å²) in [7, 11) is 0. The van der Waals surface area contributed by atoms with Crippen molar-refractivity contribution in [3.63, 3.8) is 0 Å². The van der Waals surface area contributed by atoms with Crippen LogP contribution in [0.2, 0.25) is 0 Å². The smallest absolute Gasteiger partial charge is 0.305 e. The van der Waals surface area contributed by atoms with Crippen LogP contribution >= 0.6 is 0 Å². The van der Waals surface area contributed by atoms with Gasteiger partial charge in [-0.2, -0.15) is 0 Å². The molecule has 14 heavy (non-hydrogen) atoms. The molecule has 2 unspecified atom stereocenters. The quantitative estimate of drug-likeness (QED) is 0.668. The standard InChI is InChI=1S/C10H17NO3/c1-2-13-9(12)3-4-10-5-8(6-14-10)11-7-10/h8,11H,2-7H2,1H3. The molecule has 80 valence electrons. The number of carbonyl (C=O) groups is 1. The predicted molar refractivity (Wildman–Crippen MR) is 51.0 cm³/mol. The van der Waals surface area contributed by atoms with Crippen LogP contribution in [0.25, 0.3) is 0 Å². The molecule has 0 spiro atoms. The molecule has 2 bridgehead atoms. The lowest BCUT2D eigenvalue weighted by Gasteiger charge is -2.26. The van der Waals surface area contributed by atoms with Gasteiger partial charge in [0.25, 0.3) is 0 Å². The van der Waals surface area contributed by atoms with Gasteiger partial charge in [0, 0.05) is 19.0 Å². The highest BCUT2D eigenvalue weighted by molar-refractivity contribution is 5.69. The fourth-order valence-electron chi connectivity index (χ4n) is 2.25. The average Bonchev–Trinajstić information content (AvgIpc) is 2.75. The Morgan fingerprint density at radius 3 is 3.07 bits per heavy atom. The van der Waals surface area contributed by atoms with Crippen molar-refractivity contribution in [1.82, 2.24) is 5.32 Å². The number of carbonyl (C=O) groups excluding carboxylic acids is 1. The number of fused-ring (bicyclic) bond motifs is 2. The summed E-state index contributed by atoms with van der Waals surface area (Å²) in [6, 6.07) is 0.511. The fraction of sp³-hybridized carbons (Fsp3) is 0.900. The Morgan fingerprint density at radius 2 is 2.57 bits per heavy atom. The van der Waals surface area contributed by atoms with Crippen molar-refractivity contribution in [2.75, 3.05) is 19.8 Å². The minimum Gasteiger partial charge on any atom is -0.466 e. The number of hydrogen-bond donors (Lipinski definition) is 1. The maximum atomic E-state index is 11.2. The Bertz CT molecular complexity index is 221. The van der Waals surface area contributed by atoms with Crippen LogP contribution in [-0.4, -0.2) is 37.4 Å². The van der Waals surface area contributed by atoms with E-state index >= 15 is 0 Å². The van der Waals surface area contributed by atoms with Crippen LogP contribution in [0.15, 0.2) is 0 Å². The van der Waals surface area contributed by atoms with Crippen LogP contribution in [0.4, 0.5) is 0 Å². The van der Waals surface area contributed by atoms with E-state index in [1.807, 2.05) is 6.92 Å². The van der Waals surface area contributed by atoms with Gasteiger partial charge in [-0.1, -0.05) is 0 Å². The zero-order chi connectivity index (χ0) is 10.0. The highest BCUT2D eigenvalue weighted by atomic mass is 16.5. The van der Waals surface area contributed by atoms with Crippen molar-refractivity contribution >= 4 is 5.97 Å². The molecule has 2 heterocycles. The number of morpholine rings is 1. The molecule has 2 rings (SSSR count). The van der Waals surface area contributed by atoms with Crippen molar-refractivity contribution in [3.05, 3.63) is 0 Å². The zero-order valence-corrected chi connectivity index (χ0v) is 8.54. The van der Waals surface area contributed by atoms with Gasteiger partial charge in [-0.25, -0.2) is 0 Å². The van der Waals surface area contributed by atoms with E-state index in [2.05, 4.69) is 5.32 Å². The van der Waals surface area contributed by atoms with Gasteiger partial charge in [-0.05, 0) is 19.8 Å². The lowest BCUT2D eigenvalue weighted by molar-refractivity contribution is -0.144. The summed E-state index contributed by atoms with van der Waals surface area (Å²) in [6.07, 6.45) is 2.31. The van der Waals surface area contributed by atoms with Crippen LogP contribution in [0, 0.1) is 0 Å². The molecule has 0 aromatic heterocycles. The summed E-state index contributed by atoms with van der Waals surface area (Å²) in [5.41, 5.74) is -0.0720. The van der Waals surface area contributed by atoms with Crippen LogP contribution < -0.4 is 5.32 Å². The molecule has 2 saturated heterocycles. The Balaban J connectivity index is 1.77. The first kappa shape index (κ1) is 9.93. The van der Waals surface area contributed by atoms with E-state index in [1.54, 1.807) is 0 Å². The summed E-state index contributed by atoms with van der Waals surface area (Å²) in [5.74, 6) is -0.110. The highest BCUT2D eigenvalue weighted by Crippen LogP contribution is 2.35. The van der Waals surface area contributed by atoms with Gasteiger partial charge in [0.1, 0.15) is 0 Å². The van der Waals surface area contributed by atoms with Crippen LogP contribution in [0.1, 0.15) is 26.2 Å². The van der Waals surface area contributed by atoms with E-state index in [9.17, 15) is 4.79 Å². The first-order valence-corrected chi connectivity index (χ1v) is 5.27. The Morgan fingerprint density at radius 1 is 1.71 bits per heavy atom. The summed E-state index contributed by atoms with van der Waals surface area (Å²) in [5, 5.41) is 3.38. The average molecular weight is 199 g/mol. The van der Waals surface area contributed by atoms with Crippen LogP contribution in [-0.2, 0) is 14.3 Å². The molecule has 0 radical (unpaired) electrons. The second-order valence-corrected chi connectivity index (χ2v) is 4.08. The topological polar surface area (TPSA) is 47.6 Å².